The highest BCUT2D eigenvalue weighted by Crippen LogP contribution is 2.38. The summed E-state index contributed by atoms with van der Waals surface area (Å²) in [5, 5.41) is 0. The zero-order chi connectivity index (χ0) is 16.9. The Labute approximate surface area is 140 Å². The summed E-state index contributed by atoms with van der Waals surface area (Å²) in [5.41, 5.74) is 0. The first-order valence-corrected chi connectivity index (χ1v) is 9.74. The molecule has 0 bridgehead atoms. The molecule has 3 fully saturated rings. The molecule has 24 heavy (non-hydrogen) atoms. The van der Waals surface area contributed by atoms with Gasteiger partial charge in [0.15, 0.2) is 11.6 Å². The molecule has 1 saturated carbocycles. The van der Waals surface area contributed by atoms with Gasteiger partial charge in [-0.15, -0.1) is 0 Å². The van der Waals surface area contributed by atoms with E-state index in [1.54, 1.807) is 0 Å². The molecule has 132 valence electrons. The van der Waals surface area contributed by atoms with E-state index >= 15 is 0 Å². The number of nitrogens with one attached hydrogen (secondary N) is 1. The fourth-order valence-electron chi connectivity index (χ4n) is 3.67. The predicted octanol–water partition coefficient (Wildman–Crippen LogP) is 1.49. The molecule has 0 unspecified atom stereocenters. The highest BCUT2D eigenvalue weighted by Gasteiger charge is 2.43. The summed E-state index contributed by atoms with van der Waals surface area (Å²) >= 11 is 0. The average Bonchev–Trinajstić information content (AvgIpc) is 3.30. The third-order valence-corrected chi connectivity index (χ3v) is 6.63. The van der Waals surface area contributed by atoms with Crippen LogP contribution in [-0.4, -0.2) is 51.2 Å². The summed E-state index contributed by atoms with van der Waals surface area (Å²) < 4.78 is 59.6. The minimum atomic E-state index is -3.87. The molecule has 2 saturated heterocycles. The van der Waals surface area contributed by atoms with Crippen LogP contribution in [0, 0.1) is 17.6 Å². The van der Waals surface area contributed by atoms with Gasteiger partial charge in [0, 0.05) is 25.2 Å². The fraction of sp³-hybridized carbons (Fsp3) is 0.625. The van der Waals surface area contributed by atoms with Gasteiger partial charge in [-0.05, 0) is 43.4 Å². The first-order chi connectivity index (χ1) is 11.4. The van der Waals surface area contributed by atoms with Crippen LogP contribution in [-0.2, 0) is 14.8 Å². The topological polar surface area (TPSA) is 58.6 Å². The first-order valence-electron chi connectivity index (χ1n) is 8.25. The molecule has 0 amide bonds. The van der Waals surface area contributed by atoms with Gasteiger partial charge in [0.05, 0.1) is 17.6 Å². The molecule has 1 aliphatic carbocycles. The zero-order valence-corrected chi connectivity index (χ0v) is 13.9. The van der Waals surface area contributed by atoms with E-state index in [0.717, 1.165) is 18.7 Å². The second-order valence-electron chi connectivity index (χ2n) is 6.95. The van der Waals surface area contributed by atoms with Gasteiger partial charge >= 0.3 is 0 Å². The number of rotatable bonds is 4. The second-order valence-corrected chi connectivity index (χ2v) is 8.66. The van der Waals surface area contributed by atoms with Gasteiger partial charge < -0.3 is 4.74 Å². The first kappa shape index (κ1) is 16.4. The second kappa shape index (κ2) is 6.01. The molecule has 1 aromatic rings. The monoisotopic (exact) mass is 358 g/mol. The Morgan fingerprint density at radius 3 is 2.67 bits per heavy atom. The summed E-state index contributed by atoms with van der Waals surface area (Å²) in [6.07, 6.45) is 3.37. The molecular formula is C16H20F2N2O3S. The molecule has 1 N–H and O–H groups in total. The van der Waals surface area contributed by atoms with Crippen molar-refractivity contribution in [3.8, 4) is 0 Å². The maximum Gasteiger partial charge on any atom is 0.240 e. The van der Waals surface area contributed by atoms with Crippen molar-refractivity contribution in [2.24, 2.45) is 5.92 Å². The molecule has 2 aliphatic heterocycles. The van der Waals surface area contributed by atoms with Crippen molar-refractivity contribution in [3.05, 3.63) is 29.8 Å². The van der Waals surface area contributed by atoms with Gasteiger partial charge in [-0.25, -0.2) is 21.9 Å². The highest BCUT2D eigenvalue weighted by molar-refractivity contribution is 7.89. The van der Waals surface area contributed by atoms with Crippen LogP contribution in [0.5, 0.6) is 0 Å². The van der Waals surface area contributed by atoms with Gasteiger partial charge in [-0.2, -0.15) is 0 Å². The molecule has 0 spiro atoms. The molecule has 5 nitrogen and oxygen atoms in total. The van der Waals surface area contributed by atoms with E-state index < -0.39 is 21.7 Å². The number of hydrogen-bond donors (Lipinski definition) is 1. The maximum absolute atomic E-state index is 13.3. The van der Waals surface area contributed by atoms with Crippen molar-refractivity contribution in [1.29, 1.82) is 0 Å². The van der Waals surface area contributed by atoms with Gasteiger partial charge in [-0.1, -0.05) is 0 Å². The lowest BCUT2D eigenvalue weighted by Gasteiger charge is -2.35. The van der Waals surface area contributed by atoms with E-state index in [2.05, 4.69) is 9.62 Å². The van der Waals surface area contributed by atoms with Crippen LogP contribution in [0.4, 0.5) is 8.78 Å². The maximum atomic E-state index is 13.3. The van der Waals surface area contributed by atoms with Crippen molar-refractivity contribution in [2.75, 3.05) is 19.7 Å². The van der Waals surface area contributed by atoms with E-state index in [1.807, 2.05) is 0 Å². The normalized spacial score (nSPS) is 31.2. The van der Waals surface area contributed by atoms with Gasteiger partial charge in [0.2, 0.25) is 10.0 Å². The summed E-state index contributed by atoms with van der Waals surface area (Å²) in [6, 6.07) is 2.60. The van der Waals surface area contributed by atoms with Gasteiger partial charge in [0.1, 0.15) is 0 Å². The minimum Gasteiger partial charge on any atom is -0.375 e. The zero-order valence-electron chi connectivity index (χ0n) is 13.1. The van der Waals surface area contributed by atoms with E-state index in [9.17, 15) is 17.2 Å². The molecule has 3 atom stereocenters. The van der Waals surface area contributed by atoms with Gasteiger partial charge in [0.25, 0.3) is 0 Å². The lowest BCUT2D eigenvalue weighted by Crippen LogP contribution is -2.47. The molecule has 4 rings (SSSR count). The Morgan fingerprint density at radius 2 is 1.96 bits per heavy atom. The molecular weight excluding hydrogens is 338 g/mol. The summed E-state index contributed by atoms with van der Waals surface area (Å²) in [4.78, 5) is 2.03. The number of ether oxygens (including phenoxy) is 1. The lowest BCUT2D eigenvalue weighted by atomic mass is 10.1. The minimum absolute atomic E-state index is 0.220. The number of hydrogen-bond acceptors (Lipinski definition) is 4. The number of fused-ring (bicyclic) bond motifs is 1. The van der Waals surface area contributed by atoms with Crippen LogP contribution >= 0.6 is 0 Å². The Hall–Kier alpha value is -1.09. The third kappa shape index (κ3) is 3.20. The Morgan fingerprint density at radius 1 is 1.17 bits per heavy atom. The average molecular weight is 358 g/mol. The van der Waals surface area contributed by atoms with Crippen molar-refractivity contribution in [3.63, 3.8) is 0 Å². The third-order valence-electron chi connectivity index (χ3n) is 5.12. The number of sulfonamides is 1. The van der Waals surface area contributed by atoms with Crippen LogP contribution in [0.15, 0.2) is 23.1 Å². The van der Waals surface area contributed by atoms with E-state index in [-0.39, 0.29) is 23.1 Å². The highest BCUT2D eigenvalue weighted by atomic mass is 32.2. The summed E-state index contributed by atoms with van der Waals surface area (Å²) in [7, 11) is -3.87. The van der Waals surface area contributed by atoms with Crippen molar-refractivity contribution >= 4 is 10.0 Å². The number of morpholine rings is 1. The van der Waals surface area contributed by atoms with Crippen LogP contribution in [0.3, 0.4) is 0 Å². The number of benzene rings is 1. The smallest absolute Gasteiger partial charge is 0.240 e. The quantitative estimate of drug-likeness (QED) is 0.886. The van der Waals surface area contributed by atoms with Crippen molar-refractivity contribution in [2.45, 2.75) is 42.3 Å². The van der Waals surface area contributed by atoms with Crippen LogP contribution in [0.2, 0.25) is 0 Å². The molecule has 2 heterocycles. The van der Waals surface area contributed by atoms with Gasteiger partial charge in [-0.3, -0.25) is 4.90 Å². The number of nitrogens with zero attached hydrogens (tertiary/aromatic N) is 1. The largest absolute Gasteiger partial charge is 0.375 e. The predicted molar refractivity (Wildman–Crippen MR) is 82.9 cm³/mol. The van der Waals surface area contributed by atoms with E-state index in [1.165, 1.54) is 12.8 Å². The van der Waals surface area contributed by atoms with Crippen LogP contribution in [0.25, 0.3) is 0 Å². The van der Waals surface area contributed by atoms with Crippen LogP contribution < -0.4 is 4.72 Å². The Balaban J connectivity index is 1.42. The summed E-state index contributed by atoms with van der Waals surface area (Å²) in [5.74, 6) is -1.57. The fourth-order valence-corrected chi connectivity index (χ4v) is 4.92. The molecule has 0 aromatic heterocycles. The van der Waals surface area contributed by atoms with Crippen molar-refractivity contribution in [1.82, 2.24) is 9.62 Å². The van der Waals surface area contributed by atoms with Crippen LogP contribution in [0.1, 0.15) is 19.3 Å². The molecule has 8 heteroatoms. The molecule has 1 aromatic carbocycles. The van der Waals surface area contributed by atoms with Crippen molar-refractivity contribution < 1.29 is 21.9 Å². The number of halogens is 2. The molecule has 0 radical (unpaired) electrons. The summed E-state index contributed by atoms with van der Waals surface area (Å²) in [6.45, 7) is 2.10. The lowest BCUT2D eigenvalue weighted by molar-refractivity contribution is -0.0581. The SMILES string of the molecule is O=S(=O)(N[C@H]1C[C@H]2CO[C@@H](C3CC3)CN2C1)c1ccc(F)c(F)c1. The Bertz CT molecular complexity index is 739. The standard InChI is InChI=1S/C16H20F2N2O3S/c17-14-4-3-13(6-15(14)18)24(21,22)19-11-5-12-9-23-16(10-1-2-10)8-20(12)7-11/h3-4,6,10-12,16,19H,1-2,5,7-9H2/t11-,12-,16+/m0/s1. The van der Waals surface area contributed by atoms with E-state index in [4.69, 9.17) is 4.74 Å². The molecule has 3 aliphatic rings. The Kier molecular flexibility index (Phi) is 4.11. The van der Waals surface area contributed by atoms with E-state index in [0.29, 0.717) is 31.6 Å².